The van der Waals surface area contributed by atoms with Gasteiger partial charge in [-0.1, -0.05) is 45.1 Å². The van der Waals surface area contributed by atoms with Gasteiger partial charge in [0.05, 0.1) is 36.9 Å². The van der Waals surface area contributed by atoms with Crippen molar-refractivity contribution in [2.45, 2.75) is 122 Å². The van der Waals surface area contributed by atoms with Crippen molar-refractivity contribution in [3.8, 4) is 0 Å². The van der Waals surface area contributed by atoms with E-state index in [1.807, 2.05) is 39.0 Å². The fraction of sp³-hybridized carbons (Fsp3) is 0.733. The number of hydrogen-bond donors (Lipinski definition) is 4. The van der Waals surface area contributed by atoms with Crippen molar-refractivity contribution in [1.29, 1.82) is 0 Å². The highest BCUT2D eigenvalue weighted by Crippen LogP contribution is 2.36. The van der Waals surface area contributed by atoms with Crippen LogP contribution >= 0.6 is 0 Å². The van der Waals surface area contributed by atoms with Crippen molar-refractivity contribution in [3.05, 3.63) is 36.0 Å². The van der Waals surface area contributed by atoms with Crippen molar-refractivity contribution < 1.29 is 44.2 Å². The summed E-state index contributed by atoms with van der Waals surface area (Å²) in [5.41, 5.74) is -0.623. The first-order valence-electron chi connectivity index (χ1n) is 13.9. The van der Waals surface area contributed by atoms with Gasteiger partial charge in [-0.15, -0.1) is 0 Å². The van der Waals surface area contributed by atoms with Gasteiger partial charge in [0, 0.05) is 18.8 Å². The van der Waals surface area contributed by atoms with Crippen molar-refractivity contribution in [1.82, 2.24) is 0 Å². The standard InChI is InChI=1S/C30H48O9/c1-17(15-24-29(38-24)20(4)27(35)21(5)31)9-8-10-18(2)28-19(3)11-12-25(37-22(6)32)30(7,36)14-13-23(33)16-26(34)39-28/h8-12,17,19-21,23-25,27-29,31,33,35-36H,13-16H2,1-7H3. The zero-order chi connectivity index (χ0) is 29.5. The van der Waals surface area contributed by atoms with Crippen LogP contribution in [0.5, 0.6) is 0 Å². The third-order valence-electron chi connectivity index (χ3n) is 7.64. The van der Waals surface area contributed by atoms with Gasteiger partial charge >= 0.3 is 11.9 Å². The molecule has 2 aliphatic rings. The number of aliphatic hydroxyl groups is 4. The average Bonchev–Trinajstić information content (AvgIpc) is 3.60. The number of epoxide rings is 1. The van der Waals surface area contributed by atoms with E-state index in [0.717, 1.165) is 12.0 Å². The second kappa shape index (κ2) is 14.6. The molecule has 2 heterocycles. The third-order valence-corrected chi connectivity index (χ3v) is 7.64. The maximum atomic E-state index is 12.6. The lowest BCUT2D eigenvalue weighted by Crippen LogP contribution is -2.42. The van der Waals surface area contributed by atoms with E-state index in [4.69, 9.17) is 14.2 Å². The lowest BCUT2D eigenvalue weighted by atomic mass is 9.88. The van der Waals surface area contributed by atoms with Crippen LogP contribution in [-0.2, 0) is 23.8 Å². The number of esters is 2. The third kappa shape index (κ3) is 10.5. The molecule has 0 saturated carbocycles. The van der Waals surface area contributed by atoms with E-state index in [9.17, 15) is 30.0 Å². The SMILES string of the molecule is CC(=O)OC1C=CC(C)C(C(C)=CC=CC(C)CC2OC2C(C)C(O)C(C)O)OC(=O)CC(O)CCC1(C)O. The van der Waals surface area contributed by atoms with Crippen molar-refractivity contribution in [2.75, 3.05) is 0 Å². The van der Waals surface area contributed by atoms with Gasteiger partial charge in [-0.25, -0.2) is 0 Å². The number of ether oxygens (including phenoxy) is 3. The molecule has 2 aliphatic heterocycles. The molecule has 2 rings (SSSR count). The first-order valence-corrected chi connectivity index (χ1v) is 13.9. The molecule has 0 aromatic carbocycles. The fourth-order valence-electron chi connectivity index (χ4n) is 5.01. The predicted molar refractivity (Wildman–Crippen MR) is 146 cm³/mol. The summed E-state index contributed by atoms with van der Waals surface area (Å²) in [5, 5.41) is 41.0. The van der Waals surface area contributed by atoms with Gasteiger partial charge in [0.25, 0.3) is 0 Å². The number of carbonyl (C=O) groups excluding carboxylic acids is 2. The van der Waals surface area contributed by atoms with Crippen molar-refractivity contribution in [2.24, 2.45) is 17.8 Å². The van der Waals surface area contributed by atoms with Crippen LogP contribution in [0.2, 0.25) is 0 Å². The van der Waals surface area contributed by atoms with Gasteiger partial charge in [-0.3, -0.25) is 9.59 Å². The van der Waals surface area contributed by atoms with Gasteiger partial charge in [0.2, 0.25) is 0 Å². The first kappa shape index (κ1) is 33.2. The van der Waals surface area contributed by atoms with Crippen LogP contribution in [0.15, 0.2) is 36.0 Å². The van der Waals surface area contributed by atoms with E-state index >= 15 is 0 Å². The second-order valence-corrected chi connectivity index (χ2v) is 11.7. The highest BCUT2D eigenvalue weighted by molar-refractivity contribution is 5.70. The Hall–Kier alpha value is -2.04. The van der Waals surface area contributed by atoms with Crippen LogP contribution in [0.3, 0.4) is 0 Å². The van der Waals surface area contributed by atoms with Crippen LogP contribution < -0.4 is 0 Å². The molecule has 0 bridgehead atoms. The zero-order valence-corrected chi connectivity index (χ0v) is 24.3. The maximum Gasteiger partial charge on any atom is 0.309 e. The Kier molecular flexibility index (Phi) is 12.4. The minimum Gasteiger partial charge on any atom is -0.457 e. The molecule has 9 heteroatoms. The number of cyclic esters (lactones) is 1. The molecule has 0 aliphatic carbocycles. The summed E-state index contributed by atoms with van der Waals surface area (Å²) >= 11 is 0. The Bertz CT molecular complexity index is 906. The fourth-order valence-corrected chi connectivity index (χ4v) is 5.01. The Morgan fingerprint density at radius 1 is 1.23 bits per heavy atom. The minimum absolute atomic E-state index is 0.0318. The van der Waals surface area contributed by atoms with Crippen LogP contribution in [0.1, 0.15) is 74.1 Å². The van der Waals surface area contributed by atoms with Crippen LogP contribution in [-0.4, -0.2) is 80.7 Å². The van der Waals surface area contributed by atoms with E-state index in [0.29, 0.717) is 0 Å². The molecule has 1 fully saturated rings. The first-order chi connectivity index (χ1) is 18.1. The molecule has 9 nitrogen and oxygen atoms in total. The molecule has 0 amide bonds. The lowest BCUT2D eigenvalue weighted by Gasteiger charge is -2.32. The quantitative estimate of drug-likeness (QED) is 0.147. The van der Waals surface area contributed by atoms with Gasteiger partial charge in [-0.2, -0.15) is 0 Å². The van der Waals surface area contributed by atoms with Gasteiger partial charge in [0.15, 0.2) is 0 Å². The van der Waals surface area contributed by atoms with E-state index in [1.54, 1.807) is 26.0 Å². The van der Waals surface area contributed by atoms with Crippen molar-refractivity contribution >= 4 is 11.9 Å². The van der Waals surface area contributed by atoms with Gasteiger partial charge < -0.3 is 34.6 Å². The van der Waals surface area contributed by atoms with Crippen LogP contribution in [0.25, 0.3) is 0 Å². The highest BCUT2D eigenvalue weighted by Gasteiger charge is 2.46. The van der Waals surface area contributed by atoms with E-state index in [-0.39, 0.29) is 49.2 Å². The Morgan fingerprint density at radius 2 is 1.90 bits per heavy atom. The smallest absolute Gasteiger partial charge is 0.309 e. The number of hydrogen-bond acceptors (Lipinski definition) is 9. The molecule has 4 N–H and O–H groups in total. The topological polar surface area (TPSA) is 146 Å². The summed E-state index contributed by atoms with van der Waals surface area (Å²) < 4.78 is 16.9. The number of carbonyl (C=O) groups is 2. The molecule has 0 aromatic heterocycles. The van der Waals surface area contributed by atoms with E-state index < -0.39 is 48.1 Å². The molecule has 0 radical (unpaired) electrons. The number of aliphatic hydroxyl groups excluding tert-OH is 3. The Balaban J connectivity index is 2.11. The Morgan fingerprint density at radius 3 is 2.51 bits per heavy atom. The lowest BCUT2D eigenvalue weighted by molar-refractivity contribution is -0.157. The average molecular weight is 553 g/mol. The summed E-state index contributed by atoms with van der Waals surface area (Å²) in [6.45, 7) is 12.1. The summed E-state index contributed by atoms with van der Waals surface area (Å²) in [4.78, 5) is 24.3. The molecule has 222 valence electrons. The van der Waals surface area contributed by atoms with Crippen LogP contribution in [0.4, 0.5) is 0 Å². The van der Waals surface area contributed by atoms with Gasteiger partial charge in [-0.05, 0) is 57.6 Å². The molecule has 0 aromatic rings. The highest BCUT2D eigenvalue weighted by atomic mass is 16.6. The molecular formula is C30H48O9. The van der Waals surface area contributed by atoms with Crippen molar-refractivity contribution in [3.63, 3.8) is 0 Å². The predicted octanol–water partition coefficient (Wildman–Crippen LogP) is 2.99. The summed E-state index contributed by atoms with van der Waals surface area (Å²) in [6.07, 6.45) is 5.87. The molecule has 1 saturated heterocycles. The summed E-state index contributed by atoms with van der Waals surface area (Å²) in [5.74, 6) is -1.32. The zero-order valence-electron chi connectivity index (χ0n) is 24.3. The van der Waals surface area contributed by atoms with Gasteiger partial charge in [0.1, 0.15) is 17.8 Å². The molecule has 11 unspecified atom stereocenters. The second-order valence-electron chi connectivity index (χ2n) is 11.7. The molecule has 0 spiro atoms. The monoisotopic (exact) mass is 552 g/mol. The van der Waals surface area contributed by atoms with E-state index in [1.165, 1.54) is 6.92 Å². The van der Waals surface area contributed by atoms with Crippen LogP contribution in [0, 0.1) is 17.8 Å². The summed E-state index contributed by atoms with van der Waals surface area (Å²) in [6, 6.07) is 0. The molecular weight excluding hydrogens is 504 g/mol. The largest absolute Gasteiger partial charge is 0.457 e. The minimum atomic E-state index is -1.41. The Labute approximate surface area is 232 Å². The summed E-state index contributed by atoms with van der Waals surface area (Å²) in [7, 11) is 0. The normalized spacial score (nSPS) is 35.8. The molecule has 11 atom stereocenters. The molecule has 39 heavy (non-hydrogen) atoms. The maximum absolute atomic E-state index is 12.6. The van der Waals surface area contributed by atoms with E-state index in [2.05, 4.69) is 6.92 Å². The number of allylic oxidation sites excluding steroid dienone is 3. The number of rotatable bonds is 9.